The molecule has 0 aromatic heterocycles. The van der Waals surface area contributed by atoms with Gasteiger partial charge in [0.2, 0.25) is 5.91 Å². The molecule has 4 saturated carbocycles. The standard InChI is InChI=1S/C27H39N3O2/c28-25(31)21-3-1-2-20(9-21)22-10-23-4-5-24(11-22)30(23)7-6-29-17-26-12-18-8-19(13-26)15-27(32,14-18)16-26/h1-3,9,18-19,22-24,29,32H,4-8,10-17H2,(H2,28,31)/t18?,19?,22?,23-,24+,26?,27?. The Morgan fingerprint density at radius 1 is 1.09 bits per heavy atom. The normalized spacial score (nSPS) is 42.5. The number of rotatable bonds is 7. The van der Waals surface area contributed by atoms with Crippen LogP contribution in [0.2, 0.25) is 0 Å². The number of nitrogens with one attached hydrogen (secondary N) is 1. The Balaban J connectivity index is 1.03. The van der Waals surface area contributed by atoms with Crippen molar-refractivity contribution in [3.8, 4) is 0 Å². The van der Waals surface area contributed by atoms with E-state index in [0.717, 1.165) is 50.7 Å². The summed E-state index contributed by atoms with van der Waals surface area (Å²) >= 11 is 0. The highest BCUT2D eigenvalue weighted by atomic mass is 16.3. The van der Waals surface area contributed by atoms with Gasteiger partial charge in [-0.15, -0.1) is 0 Å². The lowest BCUT2D eigenvalue weighted by molar-refractivity contribution is -0.162. The fraction of sp³-hybridized carbons (Fsp3) is 0.741. The molecule has 5 atom stereocenters. The van der Waals surface area contributed by atoms with Crippen LogP contribution in [0.5, 0.6) is 0 Å². The van der Waals surface area contributed by atoms with Crippen molar-refractivity contribution in [3.63, 3.8) is 0 Å². The third kappa shape index (κ3) is 3.80. The molecule has 2 saturated heterocycles. The van der Waals surface area contributed by atoms with Crippen molar-refractivity contribution in [2.45, 2.75) is 87.8 Å². The van der Waals surface area contributed by atoms with Gasteiger partial charge in [-0.25, -0.2) is 0 Å². The summed E-state index contributed by atoms with van der Waals surface area (Å²) in [5.74, 6) is 1.75. The van der Waals surface area contributed by atoms with Crippen molar-refractivity contribution in [2.75, 3.05) is 19.6 Å². The fourth-order valence-corrected chi connectivity index (χ4v) is 9.03. The van der Waals surface area contributed by atoms with Crippen LogP contribution in [0.15, 0.2) is 24.3 Å². The number of nitrogens with two attached hydrogens (primary N) is 1. The van der Waals surface area contributed by atoms with Gasteiger partial charge >= 0.3 is 0 Å². The number of fused-ring (bicyclic) bond motifs is 2. The second kappa shape index (κ2) is 7.82. The molecule has 6 fully saturated rings. The van der Waals surface area contributed by atoms with E-state index >= 15 is 0 Å². The highest BCUT2D eigenvalue weighted by Gasteiger charge is 2.56. The minimum Gasteiger partial charge on any atom is -0.390 e. The molecule has 6 aliphatic rings. The van der Waals surface area contributed by atoms with Gasteiger partial charge < -0.3 is 16.2 Å². The molecule has 5 nitrogen and oxygen atoms in total. The number of amides is 1. The predicted octanol–water partition coefficient (Wildman–Crippen LogP) is 3.42. The van der Waals surface area contributed by atoms with Crippen LogP contribution < -0.4 is 11.1 Å². The van der Waals surface area contributed by atoms with Crippen LogP contribution in [0.3, 0.4) is 0 Å². The smallest absolute Gasteiger partial charge is 0.248 e. The topological polar surface area (TPSA) is 78.6 Å². The van der Waals surface area contributed by atoms with Gasteiger partial charge in [0.25, 0.3) is 0 Å². The molecular weight excluding hydrogens is 398 g/mol. The van der Waals surface area contributed by atoms with E-state index in [9.17, 15) is 9.90 Å². The zero-order chi connectivity index (χ0) is 21.9. The van der Waals surface area contributed by atoms with Gasteiger partial charge in [-0.3, -0.25) is 9.69 Å². The summed E-state index contributed by atoms with van der Waals surface area (Å²) in [5.41, 5.74) is 7.43. The molecule has 2 heterocycles. The number of hydrogen-bond donors (Lipinski definition) is 3. The lowest BCUT2D eigenvalue weighted by Crippen LogP contribution is -2.58. The van der Waals surface area contributed by atoms with Gasteiger partial charge in [-0.1, -0.05) is 12.1 Å². The van der Waals surface area contributed by atoms with Gasteiger partial charge in [0, 0.05) is 37.3 Å². The fourth-order valence-electron chi connectivity index (χ4n) is 9.03. The molecule has 0 radical (unpaired) electrons. The summed E-state index contributed by atoms with van der Waals surface area (Å²) in [4.78, 5) is 14.3. The second-order valence-electron chi connectivity index (χ2n) is 12.1. The van der Waals surface area contributed by atoms with E-state index in [4.69, 9.17) is 5.73 Å². The predicted molar refractivity (Wildman–Crippen MR) is 125 cm³/mol. The molecule has 1 amide bonds. The Morgan fingerprint density at radius 3 is 2.47 bits per heavy atom. The average molecular weight is 438 g/mol. The third-order valence-electron chi connectivity index (χ3n) is 9.73. The number of primary amides is 1. The zero-order valence-electron chi connectivity index (χ0n) is 19.3. The van der Waals surface area contributed by atoms with E-state index in [2.05, 4.69) is 16.3 Å². The quantitative estimate of drug-likeness (QED) is 0.571. The minimum atomic E-state index is -0.349. The first-order valence-corrected chi connectivity index (χ1v) is 13.0. The van der Waals surface area contributed by atoms with Gasteiger partial charge in [-0.05, 0) is 105 Å². The van der Waals surface area contributed by atoms with Crippen molar-refractivity contribution in [1.29, 1.82) is 0 Å². The zero-order valence-corrected chi connectivity index (χ0v) is 19.3. The summed E-state index contributed by atoms with van der Waals surface area (Å²) in [5, 5.41) is 14.8. The first-order chi connectivity index (χ1) is 15.4. The second-order valence-corrected chi connectivity index (χ2v) is 12.1. The van der Waals surface area contributed by atoms with E-state index in [1.165, 1.54) is 50.5 Å². The summed E-state index contributed by atoms with van der Waals surface area (Å²) in [6.45, 7) is 3.29. The van der Waals surface area contributed by atoms with E-state index in [0.29, 0.717) is 29.0 Å². The Bertz CT molecular complexity index is 857. The van der Waals surface area contributed by atoms with Crippen molar-refractivity contribution in [3.05, 3.63) is 35.4 Å². The van der Waals surface area contributed by atoms with Crippen LogP contribution in [-0.4, -0.2) is 53.2 Å². The van der Waals surface area contributed by atoms with Crippen LogP contribution in [-0.2, 0) is 0 Å². The van der Waals surface area contributed by atoms with Crippen molar-refractivity contribution < 1.29 is 9.90 Å². The maximum Gasteiger partial charge on any atom is 0.248 e. The summed E-state index contributed by atoms with van der Waals surface area (Å²) in [6, 6.07) is 9.32. The number of piperidine rings is 1. The maximum absolute atomic E-state index is 11.6. The van der Waals surface area contributed by atoms with E-state index < -0.39 is 0 Å². The molecule has 7 rings (SSSR count). The molecular formula is C27H39N3O2. The molecule has 5 heteroatoms. The number of carbonyl (C=O) groups excluding carboxylic acids is 1. The number of carbonyl (C=O) groups is 1. The van der Waals surface area contributed by atoms with Gasteiger partial charge in [-0.2, -0.15) is 0 Å². The molecule has 3 unspecified atom stereocenters. The summed E-state index contributed by atoms with van der Waals surface area (Å²) in [7, 11) is 0. The molecule has 1 aromatic rings. The lowest BCUT2D eigenvalue weighted by Gasteiger charge is -2.60. The first kappa shape index (κ1) is 21.1. The minimum absolute atomic E-state index is 0.329. The highest BCUT2D eigenvalue weighted by molar-refractivity contribution is 5.92. The molecule has 6 bridgehead atoms. The monoisotopic (exact) mass is 437 g/mol. The van der Waals surface area contributed by atoms with Crippen molar-refractivity contribution in [1.82, 2.24) is 10.2 Å². The van der Waals surface area contributed by atoms with E-state index in [1.807, 2.05) is 18.2 Å². The van der Waals surface area contributed by atoms with Crippen LogP contribution in [0.25, 0.3) is 0 Å². The summed E-state index contributed by atoms with van der Waals surface area (Å²) in [6.07, 6.45) is 12.2. The Labute approximate surface area is 192 Å². The number of hydrogen-bond acceptors (Lipinski definition) is 4. The number of aliphatic hydroxyl groups is 1. The van der Waals surface area contributed by atoms with Crippen LogP contribution in [0.1, 0.15) is 86.0 Å². The average Bonchev–Trinajstić information content (AvgIpc) is 2.96. The number of nitrogens with zero attached hydrogens (tertiary/aromatic N) is 1. The highest BCUT2D eigenvalue weighted by Crippen LogP contribution is 2.61. The largest absolute Gasteiger partial charge is 0.390 e. The molecule has 4 aliphatic carbocycles. The van der Waals surface area contributed by atoms with Crippen molar-refractivity contribution in [2.24, 2.45) is 23.0 Å². The van der Waals surface area contributed by atoms with Crippen LogP contribution in [0.4, 0.5) is 0 Å². The van der Waals surface area contributed by atoms with E-state index in [1.54, 1.807) is 0 Å². The third-order valence-corrected chi connectivity index (χ3v) is 9.73. The molecule has 1 aromatic carbocycles. The summed E-state index contributed by atoms with van der Waals surface area (Å²) < 4.78 is 0. The van der Waals surface area contributed by atoms with Gasteiger partial charge in [0.15, 0.2) is 0 Å². The molecule has 2 aliphatic heterocycles. The van der Waals surface area contributed by atoms with E-state index in [-0.39, 0.29) is 11.5 Å². The maximum atomic E-state index is 11.6. The van der Waals surface area contributed by atoms with Crippen molar-refractivity contribution >= 4 is 5.91 Å². The lowest BCUT2D eigenvalue weighted by atomic mass is 9.48. The first-order valence-electron chi connectivity index (χ1n) is 13.0. The van der Waals surface area contributed by atoms with Crippen LogP contribution in [0, 0.1) is 17.3 Å². The number of benzene rings is 1. The SMILES string of the molecule is NC(=O)c1cccc(C2C[C@H]3CC[C@@H](C2)N3CCNCC23CC4CC(CC(O)(C4)C2)C3)c1. The Hall–Kier alpha value is -1.43. The molecule has 174 valence electrons. The van der Waals surface area contributed by atoms with Gasteiger partial charge in [0.1, 0.15) is 0 Å². The molecule has 4 N–H and O–H groups in total. The Kier molecular flexibility index (Phi) is 5.16. The Morgan fingerprint density at radius 2 is 1.81 bits per heavy atom. The van der Waals surface area contributed by atoms with Crippen LogP contribution >= 0.6 is 0 Å². The molecule has 32 heavy (non-hydrogen) atoms. The molecule has 0 spiro atoms. The van der Waals surface area contributed by atoms with Gasteiger partial charge in [0.05, 0.1) is 5.60 Å².